The van der Waals surface area contributed by atoms with Gasteiger partial charge in [0.05, 0.1) is 5.52 Å². The number of rotatable bonds is 6. The first-order valence-corrected chi connectivity index (χ1v) is 9.44. The molecule has 2 aromatic heterocycles. The Hall–Kier alpha value is -3.02. The van der Waals surface area contributed by atoms with Crippen molar-refractivity contribution in [2.45, 2.75) is 30.4 Å². The largest absolute Gasteiger partial charge is 0.768 e. The molecule has 0 radical (unpaired) electrons. The zero-order chi connectivity index (χ0) is 18.8. The predicted molar refractivity (Wildman–Crippen MR) is 99.9 cm³/mol. The van der Waals surface area contributed by atoms with E-state index in [4.69, 9.17) is 11.2 Å². The average Bonchev–Trinajstić information content (AvgIpc) is 3.50. The van der Waals surface area contributed by atoms with E-state index in [-0.39, 0.29) is 11.0 Å². The summed E-state index contributed by atoms with van der Waals surface area (Å²) in [6, 6.07) is 10.1. The number of hydrogen-bond acceptors (Lipinski definition) is 7. The van der Waals surface area contributed by atoms with Crippen LogP contribution < -0.4 is 10.1 Å². The molecular formula is C19H15N4O3S-. The average molecular weight is 379 g/mol. The Balaban J connectivity index is 1.59. The molecule has 1 saturated carbocycles. The zero-order valence-electron chi connectivity index (χ0n) is 14.2. The molecule has 8 heteroatoms. The highest BCUT2D eigenvalue weighted by atomic mass is 32.2. The van der Waals surface area contributed by atoms with Gasteiger partial charge >= 0.3 is 0 Å². The summed E-state index contributed by atoms with van der Waals surface area (Å²) >= 11 is -2.23. The number of aromatic nitrogens is 3. The van der Waals surface area contributed by atoms with Crippen molar-refractivity contribution >= 4 is 28.1 Å². The van der Waals surface area contributed by atoms with Gasteiger partial charge in [-0.05, 0) is 53.8 Å². The van der Waals surface area contributed by atoms with Gasteiger partial charge in [0.25, 0.3) is 0 Å². The molecule has 1 unspecified atom stereocenters. The molecule has 1 fully saturated rings. The van der Waals surface area contributed by atoms with E-state index in [0.717, 1.165) is 18.4 Å². The first-order valence-electron chi connectivity index (χ1n) is 8.36. The Morgan fingerprint density at radius 3 is 2.63 bits per heavy atom. The number of anilines is 1. The van der Waals surface area contributed by atoms with E-state index >= 15 is 0 Å². The van der Waals surface area contributed by atoms with Crippen LogP contribution in [0.2, 0.25) is 0 Å². The molecule has 2 heterocycles. The van der Waals surface area contributed by atoms with Gasteiger partial charge in [-0.1, -0.05) is 18.1 Å². The monoisotopic (exact) mass is 379 g/mol. The highest BCUT2D eigenvalue weighted by Gasteiger charge is 2.26. The number of benzene rings is 1. The molecule has 1 N–H and O–H groups in total. The zero-order valence-corrected chi connectivity index (χ0v) is 15.0. The van der Waals surface area contributed by atoms with Crippen LogP contribution in [0.3, 0.4) is 0 Å². The number of hydrogen-bond donors (Lipinski definition) is 1. The molecular weight excluding hydrogens is 364 g/mol. The summed E-state index contributed by atoms with van der Waals surface area (Å²) < 4.78 is 27.7. The third-order valence-electron chi connectivity index (χ3n) is 4.03. The molecule has 7 nitrogen and oxygen atoms in total. The molecule has 3 aromatic rings. The molecule has 0 bridgehead atoms. The van der Waals surface area contributed by atoms with E-state index in [9.17, 15) is 8.76 Å². The van der Waals surface area contributed by atoms with Crippen LogP contribution in [0.15, 0.2) is 41.3 Å². The molecule has 27 heavy (non-hydrogen) atoms. The van der Waals surface area contributed by atoms with Crippen LogP contribution in [-0.4, -0.2) is 29.8 Å². The summed E-state index contributed by atoms with van der Waals surface area (Å²) in [5.41, 5.74) is 2.59. The van der Waals surface area contributed by atoms with E-state index in [1.165, 1.54) is 0 Å². The van der Waals surface area contributed by atoms with E-state index in [1.54, 1.807) is 36.4 Å². The summed E-state index contributed by atoms with van der Waals surface area (Å²) in [5.74, 6) is 3.33. The van der Waals surface area contributed by atoms with Crippen molar-refractivity contribution in [2.75, 3.05) is 5.32 Å². The SMILES string of the molecule is C#Cc1ccc2nc(NCc3ccc(S(=O)[O-])cc3)nc(OC3CC3)c2n1. The highest BCUT2D eigenvalue weighted by molar-refractivity contribution is 7.79. The van der Waals surface area contributed by atoms with E-state index in [1.807, 2.05) is 0 Å². The lowest BCUT2D eigenvalue weighted by Crippen LogP contribution is -2.08. The van der Waals surface area contributed by atoms with Crippen molar-refractivity contribution in [1.29, 1.82) is 0 Å². The molecule has 1 aliphatic carbocycles. The van der Waals surface area contributed by atoms with Crippen LogP contribution in [0.4, 0.5) is 5.95 Å². The van der Waals surface area contributed by atoms with Crippen LogP contribution in [0.25, 0.3) is 11.0 Å². The molecule has 0 aliphatic heterocycles. The first-order chi connectivity index (χ1) is 13.1. The van der Waals surface area contributed by atoms with Crippen LogP contribution >= 0.6 is 0 Å². The Bertz CT molecular complexity index is 1060. The van der Waals surface area contributed by atoms with Crippen molar-refractivity contribution in [2.24, 2.45) is 0 Å². The number of terminal acetylenes is 1. The highest BCUT2D eigenvalue weighted by Crippen LogP contribution is 2.30. The predicted octanol–water partition coefficient (Wildman–Crippen LogP) is 2.40. The van der Waals surface area contributed by atoms with E-state index in [2.05, 4.69) is 26.2 Å². The fourth-order valence-electron chi connectivity index (χ4n) is 2.47. The lowest BCUT2D eigenvalue weighted by atomic mass is 10.2. The third kappa shape index (κ3) is 4.05. The number of fused-ring (bicyclic) bond motifs is 1. The van der Waals surface area contributed by atoms with Gasteiger partial charge in [0.15, 0.2) is 5.52 Å². The van der Waals surface area contributed by atoms with Crippen molar-refractivity contribution in [3.8, 4) is 18.2 Å². The number of pyridine rings is 1. The molecule has 136 valence electrons. The second kappa shape index (κ2) is 7.31. The Morgan fingerprint density at radius 2 is 1.96 bits per heavy atom. The summed E-state index contributed by atoms with van der Waals surface area (Å²) in [5, 5.41) is 3.14. The van der Waals surface area contributed by atoms with Crippen LogP contribution in [0.1, 0.15) is 24.1 Å². The number of nitrogens with zero attached hydrogens (tertiary/aromatic N) is 3. The van der Waals surface area contributed by atoms with E-state index in [0.29, 0.717) is 35.1 Å². The topological polar surface area (TPSA) is 100 Å². The maximum Gasteiger partial charge on any atom is 0.245 e. The van der Waals surface area contributed by atoms with Crippen LogP contribution in [0, 0.1) is 12.3 Å². The van der Waals surface area contributed by atoms with Gasteiger partial charge in [0, 0.05) is 11.4 Å². The quantitative estimate of drug-likeness (QED) is 0.518. The second-order valence-electron chi connectivity index (χ2n) is 6.11. The molecule has 1 aliphatic rings. The maximum atomic E-state index is 10.9. The first kappa shape index (κ1) is 17.4. The van der Waals surface area contributed by atoms with Crippen molar-refractivity contribution < 1.29 is 13.5 Å². The number of nitrogens with one attached hydrogen (secondary N) is 1. The van der Waals surface area contributed by atoms with Gasteiger partial charge in [0.1, 0.15) is 11.8 Å². The van der Waals surface area contributed by atoms with Crippen molar-refractivity contribution in [1.82, 2.24) is 15.0 Å². The Morgan fingerprint density at radius 1 is 1.19 bits per heavy atom. The summed E-state index contributed by atoms with van der Waals surface area (Å²) in [6.45, 7) is 0.440. The van der Waals surface area contributed by atoms with Gasteiger partial charge in [-0.2, -0.15) is 4.98 Å². The summed E-state index contributed by atoms with van der Waals surface area (Å²) in [7, 11) is 0. The standard InChI is InChI=1S/C19H16N4O3S/c1-2-13-5-10-16-17(21-13)18(26-14-6-7-14)23-19(22-16)20-11-12-3-8-15(9-4-12)27(24)25/h1,3-5,8-10,14H,6-7,11H2,(H,24,25)(H,20,22,23)/p-1. The van der Waals surface area contributed by atoms with Crippen LogP contribution in [0.5, 0.6) is 5.88 Å². The fourth-order valence-corrected chi connectivity index (χ4v) is 2.83. The molecule has 0 saturated heterocycles. The number of ether oxygens (including phenoxy) is 1. The van der Waals surface area contributed by atoms with Crippen molar-refractivity contribution in [3.05, 3.63) is 47.7 Å². The Labute approximate surface area is 158 Å². The maximum absolute atomic E-state index is 10.9. The van der Waals surface area contributed by atoms with Gasteiger partial charge in [-0.15, -0.1) is 6.42 Å². The second-order valence-corrected chi connectivity index (χ2v) is 7.05. The molecule has 0 spiro atoms. The lowest BCUT2D eigenvalue weighted by Gasteiger charge is -2.11. The minimum absolute atomic E-state index is 0.160. The molecule has 0 amide bonds. The summed E-state index contributed by atoms with van der Waals surface area (Å²) in [6.07, 6.45) is 7.58. The van der Waals surface area contributed by atoms with Gasteiger partial charge in [-0.3, -0.25) is 4.21 Å². The molecule has 1 atom stereocenters. The van der Waals surface area contributed by atoms with Crippen LogP contribution in [-0.2, 0) is 17.6 Å². The lowest BCUT2D eigenvalue weighted by molar-refractivity contribution is 0.294. The normalized spacial score (nSPS) is 14.5. The molecule has 4 rings (SSSR count). The fraction of sp³-hybridized carbons (Fsp3) is 0.211. The molecule has 1 aromatic carbocycles. The Kier molecular flexibility index (Phi) is 4.71. The van der Waals surface area contributed by atoms with Gasteiger partial charge < -0.3 is 14.6 Å². The van der Waals surface area contributed by atoms with Gasteiger partial charge in [0.2, 0.25) is 11.8 Å². The van der Waals surface area contributed by atoms with E-state index < -0.39 is 11.1 Å². The summed E-state index contributed by atoms with van der Waals surface area (Å²) in [4.78, 5) is 13.5. The smallest absolute Gasteiger partial charge is 0.245 e. The minimum Gasteiger partial charge on any atom is -0.768 e. The minimum atomic E-state index is -2.23. The third-order valence-corrected chi connectivity index (χ3v) is 4.68. The van der Waals surface area contributed by atoms with Crippen molar-refractivity contribution in [3.63, 3.8) is 0 Å². The van der Waals surface area contributed by atoms with Gasteiger partial charge in [-0.25, -0.2) is 9.97 Å².